The van der Waals surface area contributed by atoms with E-state index in [2.05, 4.69) is 27.5 Å². The summed E-state index contributed by atoms with van der Waals surface area (Å²) in [6, 6.07) is 10.2. The largest absolute Gasteiger partial charge is 0.350 e. The number of aryl methyl sites for hydroxylation is 2. The molecule has 24 heavy (non-hydrogen) atoms. The van der Waals surface area contributed by atoms with Crippen LogP contribution in [0, 0.1) is 6.92 Å². The highest BCUT2D eigenvalue weighted by Crippen LogP contribution is 2.28. The molecule has 0 spiro atoms. The molecule has 0 saturated heterocycles. The Morgan fingerprint density at radius 1 is 1.25 bits per heavy atom. The maximum Gasteiger partial charge on any atom is 0.254 e. The van der Waals surface area contributed by atoms with Gasteiger partial charge in [0.1, 0.15) is 0 Å². The molecule has 3 aromatic rings. The molecule has 1 amide bonds. The quantitative estimate of drug-likeness (QED) is 0.801. The molecule has 124 valence electrons. The Morgan fingerprint density at radius 3 is 2.58 bits per heavy atom. The number of carbonyl (C=O) groups excluding carboxylic acids is 1. The van der Waals surface area contributed by atoms with Crippen molar-refractivity contribution in [3.05, 3.63) is 53.5 Å². The van der Waals surface area contributed by atoms with Crippen LogP contribution < -0.4 is 5.32 Å². The average Bonchev–Trinajstić information content (AvgIpc) is 2.89. The molecule has 0 aliphatic carbocycles. The van der Waals surface area contributed by atoms with Crippen LogP contribution in [0.2, 0.25) is 0 Å². The molecule has 0 fully saturated rings. The number of carbonyl (C=O) groups is 1. The second kappa shape index (κ2) is 6.43. The van der Waals surface area contributed by atoms with Gasteiger partial charge in [0.15, 0.2) is 5.65 Å². The minimum Gasteiger partial charge on any atom is -0.350 e. The van der Waals surface area contributed by atoms with Crippen molar-refractivity contribution in [2.75, 3.05) is 0 Å². The van der Waals surface area contributed by atoms with Crippen molar-refractivity contribution < 1.29 is 4.79 Å². The molecule has 5 nitrogen and oxygen atoms in total. The monoisotopic (exact) mass is 322 g/mol. The van der Waals surface area contributed by atoms with Gasteiger partial charge in [0.05, 0.1) is 17.0 Å². The number of benzene rings is 1. The van der Waals surface area contributed by atoms with Crippen molar-refractivity contribution in [3.8, 4) is 11.1 Å². The van der Waals surface area contributed by atoms with Gasteiger partial charge in [-0.05, 0) is 32.8 Å². The van der Waals surface area contributed by atoms with Crippen LogP contribution >= 0.6 is 0 Å². The number of aromatic nitrogens is 3. The second-order valence-electron chi connectivity index (χ2n) is 6.16. The highest BCUT2D eigenvalue weighted by atomic mass is 16.1. The molecule has 2 heterocycles. The van der Waals surface area contributed by atoms with E-state index in [0.717, 1.165) is 28.2 Å². The molecule has 0 radical (unpaired) electrons. The lowest BCUT2D eigenvalue weighted by molar-refractivity contribution is 0.0941. The Bertz CT molecular complexity index is 881. The molecule has 1 N–H and O–H groups in total. The summed E-state index contributed by atoms with van der Waals surface area (Å²) in [4.78, 5) is 17.0. The fourth-order valence-electron chi connectivity index (χ4n) is 2.95. The van der Waals surface area contributed by atoms with Crippen molar-refractivity contribution in [1.29, 1.82) is 0 Å². The number of nitrogens with zero attached hydrogens (tertiary/aromatic N) is 3. The first-order valence-corrected chi connectivity index (χ1v) is 8.26. The minimum absolute atomic E-state index is 0.0807. The molecular weight excluding hydrogens is 300 g/mol. The van der Waals surface area contributed by atoms with Crippen molar-refractivity contribution in [3.63, 3.8) is 0 Å². The summed E-state index contributed by atoms with van der Waals surface area (Å²) in [5.74, 6) is -0.106. The predicted molar refractivity (Wildman–Crippen MR) is 95.1 cm³/mol. The lowest BCUT2D eigenvalue weighted by Gasteiger charge is -2.12. The summed E-state index contributed by atoms with van der Waals surface area (Å²) in [5, 5.41) is 7.59. The fraction of sp³-hybridized carbons (Fsp3) is 0.316. The Labute approximate surface area is 141 Å². The van der Waals surface area contributed by atoms with E-state index in [1.807, 2.05) is 50.4 Å². The highest BCUT2D eigenvalue weighted by Gasteiger charge is 2.20. The van der Waals surface area contributed by atoms with Crippen LogP contribution in [0.1, 0.15) is 42.5 Å². The van der Waals surface area contributed by atoms with Crippen molar-refractivity contribution >= 4 is 11.6 Å². The van der Waals surface area contributed by atoms with Gasteiger partial charge < -0.3 is 5.32 Å². The van der Waals surface area contributed by atoms with Gasteiger partial charge in [-0.3, -0.25) is 4.79 Å². The molecule has 0 aliphatic rings. The number of hydrogen-bond donors (Lipinski definition) is 1. The van der Waals surface area contributed by atoms with E-state index in [9.17, 15) is 4.79 Å². The first-order chi connectivity index (χ1) is 11.5. The number of nitrogens with one attached hydrogen (secondary N) is 1. The molecule has 0 saturated carbocycles. The van der Waals surface area contributed by atoms with Gasteiger partial charge in [-0.15, -0.1) is 0 Å². The van der Waals surface area contributed by atoms with Crippen molar-refractivity contribution in [1.82, 2.24) is 19.9 Å². The maximum absolute atomic E-state index is 12.4. The molecule has 5 heteroatoms. The zero-order valence-corrected chi connectivity index (χ0v) is 14.5. The molecule has 0 aliphatic heterocycles. The third-order valence-corrected chi connectivity index (χ3v) is 3.98. The summed E-state index contributed by atoms with van der Waals surface area (Å²) >= 11 is 0. The number of fused-ring (bicyclic) bond motifs is 1. The van der Waals surface area contributed by atoms with E-state index in [-0.39, 0.29) is 11.9 Å². The van der Waals surface area contributed by atoms with Gasteiger partial charge in [0.25, 0.3) is 5.91 Å². The van der Waals surface area contributed by atoms with Crippen LogP contribution in [0.15, 0.2) is 36.5 Å². The fourth-order valence-corrected chi connectivity index (χ4v) is 2.95. The van der Waals surface area contributed by atoms with Gasteiger partial charge in [0.2, 0.25) is 0 Å². The Morgan fingerprint density at radius 2 is 1.96 bits per heavy atom. The smallest absolute Gasteiger partial charge is 0.254 e. The second-order valence-corrected chi connectivity index (χ2v) is 6.16. The van der Waals surface area contributed by atoms with Crippen molar-refractivity contribution in [2.24, 2.45) is 0 Å². The lowest BCUT2D eigenvalue weighted by Crippen LogP contribution is -2.31. The lowest BCUT2D eigenvalue weighted by atomic mass is 10.1. The molecule has 3 rings (SSSR count). The highest BCUT2D eigenvalue weighted by molar-refractivity contribution is 5.95. The maximum atomic E-state index is 12.4. The van der Waals surface area contributed by atoms with E-state index in [1.165, 1.54) is 0 Å². The predicted octanol–water partition coefficient (Wildman–Crippen LogP) is 3.41. The van der Waals surface area contributed by atoms with E-state index in [4.69, 9.17) is 0 Å². The third kappa shape index (κ3) is 2.77. The SMILES string of the molecule is CCc1c(C(=O)NC(C)C)cnc2c(-c3ccccc3)c(C)nn12. The molecular formula is C19H22N4O. The van der Waals surface area contributed by atoms with Gasteiger partial charge in [-0.25, -0.2) is 9.50 Å². The van der Waals surface area contributed by atoms with Crippen LogP contribution in [0.3, 0.4) is 0 Å². The number of amides is 1. The Hall–Kier alpha value is -2.69. The van der Waals surface area contributed by atoms with E-state index in [1.54, 1.807) is 6.20 Å². The summed E-state index contributed by atoms with van der Waals surface area (Å²) < 4.78 is 1.81. The van der Waals surface area contributed by atoms with Gasteiger partial charge in [0, 0.05) is 17.8 Å². The standard InChI is InChI=1S/C19H22N4O/c1-5-16-15(19(24)21-12(2)3)11-20-18-17(13(4)22-23(16)18)14-9-7-6-8-10-14/h6-12H,5H2,1-4H3,(H,21,24). The third-order valence-electron chi connectivity index (χ3n) is 3.98. The molecule has 2 aromatic heterocycles. The van der Waals surface area contributed by atoms with Crippen LogP contribution in [-0.4, -0.2) is 26.5 Å². The molecule has 0 atom stereocenters. The molecule has 1 aromatic carbocycles. The topological polar surface area (TPSA) is 59.3 Å². The van der Waals surface area contributed by atoms with Crippen LogP contribution in [0.25, 0.3) is 16.8 Å². The zero-order valence-electron chi connectivity index (χ0n) is 14.5. The van der Waals surface area contributed by atoms with E-state index in [0.29, 0.717) is 12.0 Å². The van der Waals surface area contributed by atoms with Crippen LogP contribution in [-0.2, 0) is 6.42 Å². The zero-order chi connectivity index (χ0) is 17.3. The number of hydrogen-bond acceptors (Lipinski definition) is 3. The number of rotatable bonds is 4. The normalized spacial score (nSPS) is 11.2. The molecule has 0 bridgehead atoms. The summed E-state index contributed by atoms with van der Waals surface area (Å²) in [6.07, 6.45) is 2.37. The van der Waals surface area contributed by atoms with Gasteiger partial charge >= 0.3 is 0 Å². The Kier molecular flexibility index (Phi) is 4.34. The van der Waals surface area contributed by atoms with E-state index >= 15 is 0 Å². The summed E-state index contributed by atoms with van der Waals surface area (Å²) in [6.45, 7) is 7.90. The van der Waals surface area contributed by atoms with Crippen LogP contribution in [0.5, 0.6) is 0 Å². The minimum atomic E-state index is -0.106. The summed E-state index contributed by atoms with van der Waals surface area (Å²) in [5.41, 5.74) is 5.26. The molecule has 0 unspecified atom stereocenters. The average molecular weight is 322 g/mol. The van der Waals surface area contributed by atoms with Gasteiger partial charge in [-0.2, -0.15) is 5.10 Å². The first-order valence-electron chi connectivity index (χ1n) is 8.26. The van der Waals surface area contributed by atoms with E-state index < -0.39 is 0 Å². The summed E-state index contributed by atoms with van der Waals surface area (Å²) in [7, 11) is 0. The Balaban J connectivity index is 2.20. The van der Waals surface area contributed by atoms with Crippen LogP contribution in [0.4, 0.5) is 0 Å². The first kappa shape index (κ1) is 16.2. The van der Waals surface area contributed by atoms with Crippen molar-refractivity contribution in [2.45, 2.75) is 40.2 Å². The van der Waals surface area contributed by atoms with Gasteiger partial charge in [-0.1, -0.05) is 37.3 Å².